The van der Waals surface area contributed by atoms with Crippen molar-refractivity contribution in [2.75, 3.05) is 13.2 Å². The maximum atomic E-state index is 14.8. The van der Waals surface area contributed by atoms with Gasteiger partial charge in [-0.15, -0.1) is 0 Å². The first-order chi connectivity index (χ1) is 16.1. The van der Waals surface area contributed by atoms with E-state index in [4.69, 9.17) is 18.5 Å². The average Bonchev–Trinajstić information content (AvgIpc) is 3.28. The van der Waals surface area contributed by atoms with Crippen LogP contribution in [0.4, 0.5) is 13.6 Å². The molecule has 0 radical (unpaired) electrons. The van der Waals surface area contributed by atoms with Gasteiger partial charge in [0.25, 0.3) is 0 Å². The van der Waals surface area contributed by atoms with Gasteiger partial charge in [-0.1, -0.05) is 24.8 Å². The van der Waals surface area contributed by atoms with E-state index in [0.29, 0.717) is 4.90 Å². The maximum absolute atomic E-state index is 14.8. The summed E-state index contributed by atoms with van der Waals surface area (Å²) in [5.41, 5.74) is 0.193. The van der Waals surface area contributed by atoms with E-state index >= 15 is 0 Å². The highest BCUT2D eigenvalue weighted by molar-refractivity contribution is 7.52. The molecular formula is C20H22F2N3O8P. The van der Waals surface area contributed by atoms with Crippen LogP contribution in [0.5, 0.6) is 5.75 Å². The lowest BCUT2D eigenvalue weighted by Crippen LogP contribution is -2.53. The minimum absolute atomic E-state index is 0.0953. The summed E-state index contributed by atoms with van der Waals surface area (Å²) in [7, 11) is -4.33. The first-order valence-electron chi connectivity index (χ1n) is 10.2. The van der Waals surface area contributed by atoms with Gasteiger partial charge in [-0.25, -0.2) is 9.36 Å². The highest BCUT2D eigenvalue weighted by Gasteiger charge is 2.61. The van der Waals surface area contributed by atoms with Crippen LogP contribution in [-0.4, -0.2) is 65.6 Å². The molecule has 14 heteroatoms. The van der Waals surface area contributed by atoms with Crippen LogP contribution < -0.4 is 14.9 Å². The molecule has 1 aromatic rings. The molecule has 2 saturated heterocycles. The number of carbonyl (C=O) groups is 2. The number of aliphatic hydroxyl groups excluding tert-OH is 1. The third-order valence-electron chi connectivity index (χ3n) is 5.20. The van der Waals surface area contributed by atoms with Gasteiger partial charge < -0.3 is 24.4 Å². The molecule has 1 aromatic carbocycles. The van der Waals surface area contributed by atoms with Crippen molar-refractivity contribution >= 4 is 19.7 Å². The summed E-state index contributed by atoms with van der Waals surface area (Å²) in [6.45, 7) is 2.79. The smallest absolute Gasteiger partial charge is 0.459 e. The molecule has 1 unspecified atom stereocenters. The third kappa shape index (κ3) is 4.98. The first kappa shape index (κ1) is 24.3. The van der Waals surface area contributed by atoms with Crippen molar-refractivity contribution in [2.24, 2.45) is 0 Å². The van der Waals surface area contributed by atoms with Crippen LogP contribution >= 0.6 is 7.75 Å². The molecule has 3 N–H and O–H groups in total. The number of esters is 1. The lowest BCUT2D eigenvalue weighted by molar-refractivity contribution is -0.145. The van der Waals surface area contributed by atoms with Crippen LogP contribution in [0.3, 0.4) is 0 Å². The second-order valence-corrected chi connectivity index (χ2v) is 9.35. The molecule has 2 amide bonds. The summed E-state index contributed by atoms with van der Waals surface area (Å²) >= 11 is 0. The Balaban J connectivity index is 1.49. The van der Waals surface area contributed by atoms with Gasteiger partial charge in [0.2, 0.25) is 6.23 Å². The molecule has 0 bridgehead atoms. The highest BCUT2D eigenvalue weighted by atomic mass is 31.2. The second-order valence-electron chi connectivity index (χ2n) is 7.66. The van der Waals surface area contributed by atoms with E-state index in [9.17, 15) is 28.0 Å². The normalized spacial score (nSPS) is 30.1. The van der Waals surface area contributed by atoms with Gasteiger partial charge in [-0.2, -0.15) is 13.9 Å². The third-order valence-corrected chi connectivity index (χ3v) is 6.77. The monoisotopic (exact) mass is 501 g/mol. The molecule has 3 aliphatic rings. The molecule has 5 atom stereocenters. The zero-order valence-electron chi connectivity index (χ0n) is 17.6. The number of rotatable bonds is 8. The number of benzene rings is 1. The van der Waals surface area contributed by atoms with Gasteiger partial charge in [-0.3, -0.25) is 14.2 Å². The molecule has 11 nitrogen and oxygen atoms in total. The molecule has 0 spiro atoms. The van der Waals surface area contributed by atoms with Gasteiger partial charge in [0.1, 0.15) is 17.9 Å². The zero-order valence-corrected chi connectivity index (χ0v) is 18.5. The van der Waals surface area contributed by atoms with Crippen LogP contribution in [0.1, 0.15) is 6.42 Å². The lowest BCUT2D eigenvalue weighted by Gasteiger charge is -2.31. The van der Waals surface area contributed by atoms with Crippen molar-refractivity contribution < 1.29 is 46.6 Å². The van der Waals surface area contributed by atoms with Gasteiger partial charge in [0.15, 0.2) is 6.10 Å². The Morgan fingerprint density at radius 2 is 2.06 bits per heavy atom. The number of allylic oxidation sites excluding steroid dienone is 1. The Labute approximate surface area is 192 Å². The van der Waals surface area contributed by atoms with Crippen LogP contribution in [0.2, 0.25) is 0 Å². The molecule has 3 heterocycles. The van der Waals surface area contributed by atoms with Crippen molar-refractivity contribution in [3.63, 3.8) is 0 Å². The van der Waals surface area contributed by atoms with Gasteiger partial charge in [0.05, 0.1) is 13.2 Å². The SMILES string of the molecule is C=C1C=CN([C@@H]2O[C@H](COP(=O)(N[C@H]3CCOC3=O)Oc3ccccc3)[C@@H](O)C2(F)F)C(=O)N1. The second kappa shape index (κ2) is 9.43. The van der Waals surface area contributed by atoms with E-state index in [2.05, 4.69) is 17.0 Å². The molecule has 2 fully saturated rings. The quantitative estimate of drug-likeness (QED) is 0.360. The maximum Gasteiger partial charge on any atom is 0.459 e. The van der Waals surface area contributed by atoms with Gasteiger partial charge in [0, 0.05) is 18.3 Å². The van der Waals surface area contributed by atoms with Crippen molar-refractivity contribution in [3.05, 3.63) is 54.9 Å². The van der Waals surface area contributed by atoms with E-state index in [1.54, 1.807) is 18.2 Å². The summed E-state index contributed by atoms with van der Waals surface area (Å²) in [6.07, 6.45) is -3.72. The molecule has 184 valence electrons. The highest BCUT2D eigenvalue weighted by Crippen LogP contribution is 2.47. The predicted octanol–water partition coefficient (Wildman–Crippen LogP) is 1.87. The zero-order chi connectivity index (χ0) is 24.5. The van der Waals surface area contributed by atoms with Crippen LogP contribution in [-0.2, 0) is 23.4 Å². The summed E-state index contributed by atoms with van der Waals surface area (Å²) in [4.78, 5) is 24.5. The Hall–Kier alpha value is -2.83. The van der Waals surface area contributed by atoms with E-state index in [0.717, 1.165) is 6.20 Å². The van der Waals surface area contributed by atoms with Crippen molar-refractivity contribution in [1.82, 2.24) is 15.3 Å². The molecule has 0 aliphatic carbocycles. The average molecular weight is 501 g/mol. The minimum Gasteiger partial charge on any atom is -0.464 e. The van der Waals surface area contributed by atoms with Gasteiger partial charge in [-0.05, 0) is 18.2 Å². The number of hydrogen-bond donors (Lipinski definition) is 3. The van der Waals surface area contributed by atoms with Crippen LogP contribution in [0.15, 0.2) is 54.9 Å². The molecule has 0 aromatic heterocycles. The Morgan fingerprint density at radius 1 is 1.32 bits per heavy atom. The molecule has 4 rings (SSSR count). The Kier molecular flexibility index (Phi) is 6.74. The molecule has 3 aliphatic heterocycles. The number of amides is 2. The standard InChI is InChI=1S/C20H22F2N3O8P/c1-12-7-9-25(19(28)23-12)18-20(21,22)16(26)15(32-18)11-31-34(29,24-14-8-10-30-17(14)27)33-13-5-3-2-4-6-13/h2-7,9,14-16,18,26H,1,8,10-11H2,(H,23,28)(H,24,29)/t14-,15+,16+,18+,34?/m0/s1. The summed E-state index contributed by atoms with van der Waals surface area (Å²) in [5, 5.41) is 14.9. The van der Waals surface area contributed by atoms with Crippen molar-refractivity contribution in [2.45, 2.75) is 36.8 Å². The van der Waals surface area contributed by atoms with E-state index in [-0.39, 0.29) is 24.5 Å². The molecule has 34 heavy (non-hydrogen) atoms. The van der Waals surface area contributed by atoms with Gasteiger partial charge >= 0.3 is 25.7 Å². The molecular weight excluding hydrogens is 479 g/mol. The van der Waals surface area contributed by atoms with Crippen LogP contribution in [0.25, 0.3) is 0 Å². The van der Waals surface area contributed by atoms with Crippen molar-refractivity contribution in [1.29, 1.82) is 0 Å². The first-order valence-corrected chi connectivity index (χ1v) is 11.7. The lowest BCUT2D eigenvalue weighted by atomic mass is 10.1. The number of nitrogens with one attached hydrogen (secondary N) is 2. The number of cyclic esters (lactones) is 1. The largest absolute Gasteiger partial charge is 0.464 e. The fourth-order valence-corrected chi connectivity index (χ4v) is 5.00. The fourth-order valence-electron chi connectivity index (χ4n) is 3.46. The Bertz CT molecular complexity index is 1040. The Morgan fingerprint density at radius 3 is 2.71 bits per heavy atom. The van der Waals surface area contributed by atoms with E-state index < -0.39 is 56.8 Å². The minimum atomic E-state index is -4.33. The predicted molar refractivity (Wildman–Crippen MR) is 111 cm³/mol. The fraction of sp³-hybridized carbons (Fsp3) is 0.400. The van der Waals surface area contributed by atoms with E-state index in [1.807, 2.05) is 0 Å². The number of halogens is 2. The van der Waals surface area contributed by atoms with Crippen LogP contribution in [0, 0.1) is 0 Å². The topological polar surface area (TPSA) is 136 Å². The number of ether oxygens (including phenoxy) is 2. The summed E-state index contributed by atoms with van der Waals surface area (Å²) in [6, 6.07) is 5.91. The summed E-state index contributed by atoms with van der Waals surface area (Å²) in [5.74, 6) is -4.44. The molecule has 0 saturated carbocycles. The number of aliphatic hydroxyl groups is 1. The van der Waals surface area contributed by atoms with E-state index in [1.165, 1.54) is 18.2 Å². The number of carbonyl (C=O) groups excluding carboxylic acids is 2. The number of urea groups is 1. The summed E-state index contributed by atoms with van der Waals surface area (Å²) < 4.78 is 63.7. The number of para-hydroxylation sites is 1. The number of hydrogen-bond acceptors (Lipinski definition) is 8. The number of nitrogens with zero attached hydrogens (tertiary/aromatic N) is 1. The van der Waals surface area contributed by atoms with Crippen molar-refractivity contribution in [3.8, 4) is 5.75 Å². The number of alkyl halides is 2.